The second-order valence-corrected chi connectivity index (χ2v) is 5.71. The predicted molar refractivity (Wildman–Crippen MR) is 89.0 cm³/mol. The average Bonchev–Trinajstić information content (AvgIpc) is 2.45. The fourth-order valence-corrected chi connectivity index (χ4v) is 2.96. The van der Waals surface area contributed by atoms with Gasteiger partial charge in [-0.1, -0.05) is 17.5 Å². The van der Waals surface area contributed by atoms with Gasteiger partial charge in [-0.15, -0.1) is 6.42 Å². The molecule has 1 aromatic carbocycles. The van der Waals surface area contributed by atoms with Crippen molar-refractivity contribution in [3.8, 4) is 35.3 Å². The highest BCUT2D eigenvalue weighted by atomic mass is 79.9. The number of aromatic nitrogens is 1. The van der Waals surface area contributed by atoms with Gasteiger partial charge in [0, 0.05) is 11.3 Å². The Morgan fingerprint density at radius 3 is 2.77 bits per heavy atom. The highest BCUT2D eigenvalue weighted by Crippen LogP contribution is 2.38. The van der Waals surface area contributed by atoms with Gasteiger partial charge in [0.25, 0.3) is 5.56 Å². The van der Waals surface area contributed by atoms with E-state index in [1.807, 2.05) is 6.07 Å². The van der Waals surface area contributed by atoms with Gasteiger partial charge in [-0.05, 0) is 46.6 Å². The van der Waals surface area contributed by atoms with E-state index < -0.39 is 5.56 Å². The van der Waals surface area contributed by atoms with Crippen LogP contribution in [0.5, 0.6) is 5.75 Å². The van der Waals surface area contributed by atoms with Crippen LogP contribution in [0.2, 0.25) is 5.02 Å². The molecule has 0 atom stereocenters. The van der Waals surface area contributed by atoms with Crippen LogP contribution in [0.1, 0.15) is 11.3 Å². The second-order valence-electron chi connectivity index (χ2n) is 4.44. The maximum Gasteiger partial charge on any atom is 0.266 e. The summed E-state index contributed by atoms with van der Waals surface area (Å²) in [5.74, 6) is 2.78. The largest absolute Gasteiger partial charge is 0.478 e. The lowest BCUT2D eigenvalue weighted by Crippen LogP contribution is -2.12. The Balaban J connectivity index is 2.64. The minimum absolute atomic E-state index is 0.0332. The van der Waals surface area contributed by atoms with E-state index in [1.54, 1.807) is 25.1 Å². The lowest BCUT2D eigenvalue weighted by Gasteiger charge is -2.11. The molecule has 0 bridgehead atoms. The highest BCUT2D eigenvalue weighted by molar-refractivity contribution is 9.10. The monoisotopic (exact) mass is 376 g/mol. The van der Waals surface area contributed by atoms with E-state index in [0.717, 1.165) is 0 Å². The van der Waals surface area contributed by atoms with E-state index in [1.165, 1.54) is 0 Å². The minimum Gasteiger partial charge on any atom is -0.478 e. The van der Waals surface area contributed by atoms with Gasteiger partial charge in [0.05, 0.1) is 9.50 Å². The lowest BCUT2D eigenvalue weighted by atomic mass is 10.0. The minimum atomic E-state index is -0.433. The zero-order valence-corrected chi connectivity index (χ0v) is 13.9. The summed E-state index contributed by atoms with van der Waals surface area (Å²) in [5, 5.41) is 9.53. The van der Waals surface area contributed by atoms with Crippen molar-refractivity contribution in [1.29, 1.82) is 5.26 Å². The molecule has 0 unspecified atom stereocenters. The number of rotatable bonds is 3. The topological polar surface area (TPSA) is 65.9 Å². The summed E-state index contributed by atoms with van der Waals surface area (Å²) in [6.45, 7) is 1.83. The molecule has 6 heteroatoms. The Morgan fingerprint density at radius 1 is 1.45 bits per heavy atom. The molecule has 0 amide bonds. The van der Waals surface area contributed by atoms with Crippen LogP contribution in [0.3, 0.4) is 0 Å². The lowest BCUT2D eigenvalue weighted by molar-refractivity contribution is 0.368. The van der Waals surface area contributed by atoms with Crippen LogP contribution >= 0.6 is 27.5 Å². The zero-order chi connectivity index (χ0) is 16.3. The number of hydrogen-bond donors (Lipinski definition) is 1. The first-order valence-electron chi connectivity index (χ1n) is 6.17. The summed E-state index contributed by atoms with van der Waals surface area (Å²) >= 11 is 9.57. The van der Waals surface area contributed by atoms with Crippen LogP contribution in [0.4, 0.5) is 0 Å². The standard InChI is InChI=1S/C16H10BrClN2O2/c1-3-4-22-15-13(17)6-10(7-14(15)18)11-5-9(2)20-16(21)12(11)8-19/h1,5-7H,4H2,2H3,(H,20,21). The molecule has 110 valence electrons. The number of aromatic amines is 1. The Hall–Kier alpha value is -2.21. The van der Waals surface area contributed by atoms with Gasteiger partial charge >= 0.3 is 0 Å². The fraction of sp³-hybridized carbons (Fsp3) is 0.125. The molecule has 0 spiro atoms. The summed E-state index contributed by atoms with van der Waals surface area (Å²) in [4.78, 5) is 14.5. The van der Waals surface area contributed by atoms with E-state index in [9.17, 15) is 10.1 Å². The maximum atomic E-state index is 11.9. The number of benzene rings is 1. The van der Waals surface area contributed by atoms with Crippen LogP contribution < -0.4 is 10.3 Å². The van der Waals surface area contributed by atoms with Crippen molar-refractivity contribution in [1.82, 2.24) is 4.98 Å². The van der Waals surface area contributed by atoms with Gasteiger partial charge in [0.15, 0.2) is 5.75 Å². The Kier molecular flexibility index (Phi) is 4.92. The van der Waals surface area contributed by atoms with Crippen LogP contribution in [0.15, 0.2) is 27.5 Å². The normalized spacial score (nSPS) is 9.86. The summed E-state index contributed by atoms with van der Waals surface area (Å²) < 4.78 is 5.95. The number of nitrogens with one attached hydrogen (secondary N) is 1. The van der Waals surface area contributed by atoms with Gasteiger partial charge in [0.1, 0.15) is 18.2 Å². The van der Waals surface area contributed by atoms with Crippen molar-refractivity contribution in [2.24, 2.45) is 0 Å². The molecule has 4 nitrogen and oxygen atoms in total. The molecular formula is C16H10BrClN2O2. The molecule has 0 aliphatic heterocycles. The summed E-state index contributed by atoms with van der Waals surface area (Å²) in [6, 6.07) is 7.00. The Bertz CT molecular complexity index is 852. The first-order valence-corrected chi connectivity index (χ1v) is 7.34. The third-order valence-electron chi connectivity index (χ3n) is 2.89. The average molecular weight is 378 g/mol. The first-order chi connectivity index (χ1) is 10.5. The van der Waals surface area contributed by atoms with Crippen molar-refractivity contribution >= 4 is 27.5 Å². The molecular weight excluding hydrogens is 368 g/mol. The predicted octanol–water partition coefficient (Wildman–Crippen LogP) is 3.65. The molecule has 1 heterocycles. The van der Waals surface area contributed by atoms with Crippen LogP contribution in [-0.4, -0.2) is 11.6 Å². The number of aryl methyl sites for hydroxylation is 1. The SMILES string of the molecule is C#CCOc1c(Cl)cc(-c2cc(C)[nH]c(=O)c2C#N)cc1Br. The van der Waals surface area contributed by atoms with Gasteiger partial charge in [-0.2, -0.15) is 5.26 Å². The van der Waals surface area contributed by atoms with Crippen molar-refractivity contribution in [3.05, 3.63) is 49.3 Å². The number of nitrogens with zero attached hydrogens (tertiary/aromatic N) is 1. The smallest absolute Gasteiger partial charge is 0.266 e. The van der Waals surface area contributed by atoms with Gasteiger partial charge in [0.2, 0.25) is 0 Å². The van der Waals surface area contributed by atoms with Crippen molar-refractivity contribution in [2.75, 3.05) is 6.61 Å². The molecule has 2 rings (SSSR count). The first kappa shape index (κ1) is 16.2. The Labute approximate surface area is 140 Å². The number of H-pyrrole nitrogens is 1. The number of halogens is 2. The highest BCUT2D eigenvalue weighted by Gasteiger charge is 2.15. The number of terminal acetylenes is 1. The van der Waals surface area contributed by atoms with E-state index >= 15 is 0 Å². The van der Waals surface area contributed by atoms with Gasteiger partial charge in [-0.3, -0.25) is 4.79 Å². The third kappa shape index (κ3) is 3.17. The van der Waals surface area contributed by atoms with Crippen LogP contribution in [0, 0.1) is 30.6 Å². The number of hydrogen-bond acceptors (Lipinski definition) is 3. The summed E-state index contributed by atoms with van der Waals surface area (Å²) in [6.07, 6.45) is 5.16. The molecule has 0 fully saturated rings. The van der Waals surface area contributed by atoms with E-state index in [4.69, 9.17) is 22.8 Å². The van der Waals surface area contributed by atoms with Gasteiger partial charge < -0.3 is 9.72 Å². The fourth-order valence-electron chi connectivity index (χ4n) is 1.99. The van der Waals surface area contributed by atoms with Crippen molar-refractivity contribution < 1.29 is 4.74 Å². The van der Waals surface area contributed by atoms with Crippen LogP contribution in [-0.2, 0) is 0 Å². The molecule has 22 heavy (non-hydrogen) atoms. The van der Waals surface area contributed by atoms with E-state index in [-0.39, 0.29) is 12.2 Å². The second kappa shape index (κ2) is 6.70. The van der Waals surface area contributed by atoms with E-state index in [2.05, 4.69) is 26.8 Å². The number of ether oxygens (including phenoxy) is 1. The molecule has 1 N–H and O–H groups in total. The summed E-state index contributed by atoms with van der Waals surface area (Å²) in [7, 11) is 0. The number of pyridine rings is 1. The van der Waals surface area contributed by atoms with Gasteiger partial charge in [-0.25, -0.2) is 0 Å². The molecule has 1 aromatic heterocycles. The summed E-state index contributed by atoms with van der Waals surface area (Å²) in [5.41, 5.74) is 1.40. The molecule has 2 aromatic rings. The van der Waals surface area contributed by atoms with Crippen molar-refractivity contribution in [3.63, 3.8) is 0 Å². The maximum absolute atomic E-state index is 11.9. The zero-order valence-electron chi connectivity index (χ0n) is 11.5. The quantitative estimate of drug-likeness (QED) is 0.830. The van der Waals surface area contributed by atoms with Crippen molar-refractivity contribution in [2.45, 2.75) is 6.92 Å². The molecule has 0 saturated carbocycles. The Morgan fingerprint density at radius 2 is 2.18 bits per heavy atom. The molecule has 0 aliphatic rings. The van der Waals surface area contributed by atoms with E-state index in [0.29, 0.717) is 32.1 Å². The number of nitriles is 1. The molecule has 0 aliphatic carbocycles. The molecule has 0 saturated heterocycles. The van der Waals surface area contributed by atoms with Crippen LogP contribution in [0.25, 0.3) is 11.1 Å². The third-order valence-corrected chi connectivity index (χ3v) is 3.76. The molecule has 0 radical (unpaired) electrons.